The molecule has 1 unspecified atom stereocenters. The van der Waals surface area contributed by atoms with Crippen LogP contribution in [0.2, 0.25) is 0 Å². The molecule has 5 heteroatoms. The lowest BCUT2D eigenvalue weighted by Crippen LogP contribution is -2.37. The van der Waals surface area contributed by atoms with Crippen molar-refractivity contribution in [3.8, 4) is 0 Å². The molecule has 1 aliphatic heterocycles. The average Bonchev–Trinajstić information content (AvgIpc) is 2.94. The van der Waals surface area contributed by atoms with E-state index in [2.05, 4.69) is 12.2 Å². The van der Waals surface area contributed by atoms with E-state index in [1.165, 1.54) is 12.8 Å². The lowest BCUT2D eigenvalue weighted by atomic mass is 9.86. The Balaban J connectivity index is 1.45. The first-order chi connectivity index (χ1) is 11.1. The molecular weight excluding hydrogens is 294 g/mol. The van der Waals surface area contributed by atoms with Gasteiger partial charge in [0.1, 0.15) is 0 Å². The first-order valence-electron chi connectivity index (χ1n) is 8.41. The maximum Gasteiger partial charge on any atom is 0.335 e. The zero-order valence-electron chi connectivity index (χ0n) is 13.6. The molecule has 1 atom stereocenters. The third-order valence-corrected chi connectivity index (χ3v) is 4.82. The van der Waals surface area contributed by atoms with E-state index in [9.17, 15) is 4.79 Å². The molecule has 3 rings (SSSR count). The number of carboxylic acids is 1. The molecule has 1 aromatic rings. The molecule has 23 heavy (non-hydrogen) atoms. The number of benzene rings is 1. The van der Waals surface area contributed by atoms with Crippen molar-refractivity contribution in [3.63, 3.8) is 0 Å². The summed E-state index contributed by atoms with van der Waals surface area (Å²) in [6.07, 6.45) is 4.40. The van der Waals surface area contributed by atoms with Crippen molar-refractivity contribution in [2.45, 2.75) is 51.0 Å². The number of carbonyl (C=O) groups is 1. The number of ether oxygens (including phenoxy) is 2. The van der Waals surface area contributed by atoms with Gasteiger partial charge in [0.15, 0.2) is 5.79 Å². The van der Waals surface area contributed by atoms with Gasteiger partial charge in [-0.3, -0.25) is 0 Å². The number of rotatable bonds is 5. The van der Waals surface area contributed by atoms with Gasteiger partial charge in [0, 0.05) is 25.9 Å². The van der Waals surface area contributed by atoms with Crippen molar-refractivity contribution >= 4 is 5.97 Å². The van der Waals surface area contributed by atoms with Crippen molar-refractivity contribution in [2.24, 2.45) is 5.92 Å². The van der Waals surface area contributed by atoms with Crippen molar-refractivity contribution in [3.05, 3.63) is 35.4 Å². The van der Waals surface area contributed by atoms with Crippen LogP contribution in [-0.2, 0) is 16.0 Å². The van der Waals surface area contributed by atoms with Crippen LogP contribution in [0.25, 0.3) is 0 Å². The summed E-state index contributed by atoms with van der Waals surface area (Å²) in [6, 6.07) is 7.00. The van der Waals surface area contributed by atoms with Gasteiger partial charge < -0.3 is 19.9 Å². The van der Waals surface area contributed by atoms with Crippen molar-refractivity contribution < 1.29 is 19.4 Å². The molecule has 1 saturated heterocycles. The van der Waals surface area contributed by atoms with Gasteiger partial charge in [-0.15, -0.1) is 0 Å². The molecule has 0 bridgehead atoms. The molecule has 2 fully saturated rings. The second-order valence-electron chi connectivity index (χ2n) is 6.78. The fourth-order valence-electron chi connectivity index (χ4n) is 3.37. The van der Waals surface area contributed by atoms with Gasteiger partial charge in [-0.2, -0.15) is 0 Å². The average molecular weight is 319 g/mol. The van der Waals surface area contributed by atoms with Crippen molar-refractivity contribution in [1.82, 2.24) is 5.32 Å². The lowest BCUT2D eigenvalue weighted by Gasteiger charge is -2.34. The van der Waals surface area contributed by atoms with Gasteiger partial charge in [-0.05, 0) is 36.5 Å². The molecule has 5 nitrogen and oxygen atoms in total. The van der Waals surface area contributed by atoms with Gasteiger partial charge in [-0.1, -0.05) is 19.1 Å². The quantitative estimate of drug-likeness (QED) is 0.873. The minimum Gasteiger partial charge on any atom is -0.478 e. The largest absolute Gasteiger partial charge is 0.478 e. The number of hydrogen-bond acceptors (Lipinski definition) is 4. The molecule has 1 aliphatic carbocycles. The van der Waals surface area contributed by atoms with Gasteiger partial charge in [0.05, 0.1) is 18.3 Å². The first kappa shape index (κ1) is 16.4. The Kier molecular flexibility index (Phi) is 4.99. The summed E-state index contributed by atoms with van der Waals surface area (Å²) in [5, 5.41) is 12.4. The summed E-state index contributed by atoms with van der Waals surface area (Å²) in [4.78, 5) is 11.0. The Morgan fingerprint density at radius 1 is 1.39 bits per heavy atom. The van der Waals surface area contributed by atoms with E-state index < -0.39 is 5.97 Å². The minimum atomic E-state index is -0.896. The fraction of sp³-hybridized carbons (Fsp3) is 0.611. The highest BCUT2D eigenvalue weighted by Crippen LogP contribution is 2.39. The predicted molar refractivity (Wildman–Crippen MR) is 86.3 cm³/mol. The van der Waals surface area contributed by atoms with E-state index in [0.717, 1.165) is 24.3 Å². The van der Waals surface area contributed by atoms with Gasteiger partial charge in [0.2, 0.25) is 0 Å². The van der Waals surface area contributed by atoms with E-state index in [-0.39, 0.29) is 11.9 Å². The Morgan fingerprint density at radius 2 is 2.17 bits per heavy atom. The third-order valence-electron chi connectivity index (χ3n) is 4.82. The summed E-state index contributed by atoms with van der Waals surface area (Å²) in [7, 11) is 0. The van der Waals surface area contributed by atoms with E-state index in [1.54, 1.807) is 18.2 Å². The van der Waals surface area contributed by atoms with Crippen LogP contribution in [0, 0.1) is 5.92 Å². The molecule has 126 valence electrons. The van der Waals surface area contributed by atoms with E-state index in [4.69, 9.17) is 14.6 Å². The van der Waals surface area contributed by atoms with E-state index >= 15 is 0 Å². The molecule has 2 aliphatic rings. The number of hydrogen-bond donors (Lipinski definition) is 2. The third kappa shape index (κ3) is 4.10. The molecule has 1 heterocycles. The van der Waals surface area contributed by atoms with Crippen LogP contribution in [0.1, 0.15) is 48.5 Å². The van der Waals surface area contributed by atoms with Crippen LogP contribution in [0.5, 0.6) is 0 Å². The molecule has 1 spiro atoms. The predicted octanol–water partition coefficient (Wildman–Crippen LogP) is 2.80. The summed E-state index contributed by atoms with van der Waals surface area (Å²) < 4.78 is 12.1. The zero-order chi connectivity index (χ0) is 16.3. The van der Waals surface area contributed by atoms with Crippen molar-refractivity contribution in [2.75, 3.05) is 13.2 Å². The highest BCUT2D eigenvalue weighted by Gasteiger charge is 2.43. The van der Waals surface area contributed by atoms with Crippen LogP contribution in [0.15, 0.2) is 24.3 Å². The Hall–Kier alpha value is -1.43. The van der Waals surface area contributed by atoms with E-state index in [0.29, 0.717) is 25.3 Å². The zero-order valence-corrected chi connectivity index (χ0v) is 13.6. The van der Waals surface area contributed by atoms with Crippen molar-refractivity contribution in [1.29, 1.82) is 0 Å². The fourth-order valence-corrected chi connectivity index (χ4v) is 3.37. The number of aromatic carboxylic acids is 1. The van der Waals surface area contributed by atoms with Gasteiger partial charge in [-0.25, -0.2) is 4.79 Å². The highest BCUT2D eigenvalue weighted by molar-refractivity contribution is 5.87. The van der Waals surface area contributed by atoms with Gasteiger partial charge in [0.25, 0.3) is 0 Å². The van der Waals surface area contributed by atoms with Crippen LogP contribution < -0.4 is 5.32 Å². The minimum absolute atomic E-state index is 0.0751. The molecule has 1 aromatic carbocycles. The summed E-state index contributed by atoms with van der Waals surface area (Å²) >= 11 is 0. The summed E-state index contributed by atoms with van der Waals surface area (Å²) in [5.41, 5.74) is 1.28. The molecule has 0 aromatic heterocycles. The monoisotopic (exact) mass is 319 g/mol. The van der Waals surface area contributed by atoms with Gasteiger partial charge >= 0.3 is 5.97 Å². The van der Waals surface area contributed by atoms with Crippen LogP contribution in [0.3, 0.4) is 0 Å². The van der Waals surface area contributed by atoms with Crippen LogP contribution in [-0.4, -0.2) is 36.1 Å². The maximum atomic E-state index is 11.0. The topological polar surface area (TPSA) is 67.8 Å². The Morgan fingerprint density at radius 3 is 2.91 bits per heavy atom. The molecule has 0 amide bonds. The Labute approximate surface area is 137 Å². The SMILES string of the molecule is CC1CCC2(CC1)OCC(CNCc1cccc(C(=O)O)c1)O2. The van der Waals surface area contributed by atoms with Crippen LogP contribution >= 0.6 is 0 Å². The molecule has 1 saturated carbocycles. The normalized spacial score (nSPS) is 30.7. The van der Waals surface area contributed by atoms with Crippen LogP contribution in [0.4, 0.5) is 0 Å². The molecule has 0 radical (unpaired) electrons. The number of nitrogens with one attached hydrogen (secondary N) is 1. The standard InChI is InChI=1S/C18H25NO4/c1-13-5-7-18(8-6-13)22-12-16(23-18)11-19-10-14-3-2-4-15(9-14)17(20)21/h2-4,9,13,16,19H,5-8,10-12H2,1H3,(H,20,21). The summed E-state index contributed by atoms with van der Waals surface area (Å²) in [5.74, 6) is -0.471. The molecular formula is C18H25NO4. The first-order valence-corrected chi connectivity index (χ1v) is 8.41. The second-order valence-corrected chi connectivity index (χ2v) is 6.78. The Bertz CT molecular complexity index is 552. The van der Waals surface area contributed by atoms with E-state index in [1.807, 2.05) is 6.07 Å². The second kappa shape index (κ2) is 6.99. The lowest BCUT2D eigenvalue weighted by molar-refractivity contribution is -0.191. The molecule has 2 N–H and O–H groups in total. The smallest absolute Gasteiger partial charge is 0.335 e. The maximum absolute atomic E-state index is 11.0. The number of carboxylic acid groups (broad SMARTS) is 1. The highest BCUT2D eigenvalue weighted by atomic mass is 16.7. The summed E-state index contributed by atoms with van der Waals surface area (Å²) in [6.45, 7) is 4.27.